The first kappa shape index (κ1) is 37.4. The molecule has 0 aromatic heterocycles. The molecule has 12 heteroatoms. The summed E-state index contributed by atoms with van der Waals surface area (Å²) in [5.41, 5.74) is 7.26. The smallest absolute Gasteiger partial charge is 0.260 e. The predicted octanol–water partition coefficient (Wildman–Crippen LogP) is 8.33. The number of nitrogens with zero attached hydrogens (tertiary/aromatic N) is 4. The summed E-state index contributed by atoms with van der Waals surface area (Å²) in [5.74, 6) is 2.32. The summed E-state index contributed by atoms with van der Waals surface area (Å²) in [6, 6.07) is 22.6. The molecule has 0 aliphatic carbocycles. The van der Waals surface area contributed by atoms with E-state index in [2.05, 4.69) is 36.5 Å². The SMILES string of the molecule is CCCNc1ccc(C2=CN3C(=O)c4cc(OC)c(OCCCOc5cc6c(cc5OC)C(=O)N5C=C(c7ccc(OC)cc7)CC5C=N6)cc4N=C[C@@H]3C2)cc1. The van der Waals surface area contributed by atoms with Crippen LogP contribution in [-0.2, 0) is 0 Å². The molecular weight excluding hydrogens is 723 g/mol. The van der Waals surface area contributed by atoms with Crippen LogP contribution in [0.1, 0.15) is 64.4 Å². The maximum atomic E-state index is 13.8. The molecule has 1 N–H and O–H groups in total. The lowest BCUT2D eigenvalue weighted by Gasteiger charge is -2.19. The largest absolute Gasteiger partial charge is 0.497 e. The summed E-state index contributed by atoms with van der Waals surface area (Å²) >= 11 is 0. The second-order valence-electron chi connectivity index (χ2n) is 14.2. The maximum absolute atomic E-state index is 13.8. The maximum Gasteiger partial charge on any atom is 0.260 e. The first-order valence-electron chi connectivity index (χ1n) is 19.2. The van der Waals surface area contributed by atoms with Gasteiger partial charge in [-0.15, -0.1) is 0 Å². The molecule has 0 bridgehead atoms. The topological polar surface area (TPSA) is 124 Å². The number of rotatable bonds is 14. The Hall–Kier alpha value is -6.56. The number of hydrogen-bond acceptors (Lipinski definition) is 10. The van der Waals surface area contributed by atoms with E-state index in [0.29, 0.717) is 78.0 Å². The van der Waals surface area contributed by atoms with Crippen molar-refractivity contribution >= 4 is 52.5 Å². The van der Waals surface area contributed by atoms with Gasteiger partial charge in [-0.1, -0.05) is 31.2 Å². The zero-order chi connectivity index (χ0) is 39.5. The summed E-state index contributed by atoms with van der Waals surface area (Å²) in [5, 5.41) is 3.40. The van der Waals surface area contributed by atoms with E-state index < -0.39 is 0 Å². The van der Waals surface area contributed by atoms with Gasteiger partial charge in [-0.05, 0) is 65.1 Å². The Morgan fingerprint density at radius 1 is 0.649 bits per heavy atom. The molecule has 4 aliphatic rings. The molecule has 0 saturated heterocycles. The highest BCUT2D eigenvalue weighted by molar-refractivity contribution is 6.06. The van der Waals surface area contributed by atoms with Crippen molar-refractivity contribution in [3.05, 3.63) is 107 Å². The number of amides is 2. The third-order valence-electron chi connectivity index (χ3n) is 10.5. The van der Waals surface area contributed by atoms with Gasteiger partial charge in [-0.25, -0.2) is 0 Å². The summed E-state index contributed by atoms with van der Waals surface area (Å²) in [7, 11) is 4.74. The minimum absolute atomic E-state index is 0.141. The molecule has 2 atom stereocenters. The van der Waals surface area contributed by atoms with Crippen molar-refractivity contribution in [2.75, 3.05) is 46.4 Å². The lowest BCUT2D eigenvalue weighted by molar-refractivity contribution is 0.0809. The Labute approximate surface area is 332 Å². The predicted molar refractivity (Wildman–Crippen MR) is 221 cm³/mol. The summed E-state index contributed by atoms with van der Waals surface area (Å²) in [6.07, 6.45) is 10.4. The second-order valence-corrected chi connectivity index (χ2v) is 14.2. The van der Waals surface area contributed by atoms with E-state index in [1.807, 2.05) is 49.1 Å². The fourth-order valence-corrected chi connectivity index (χ4v) is 7.44. The number of hydrogen-bond donors (Lipinski definition) is 1. The van der Waals surface area contributed by atoms with Gasteiger partial charge in [-0.2, -0.15) is 0 Å². The number of fused-ring (bicyclic) bond motifs is 4. The average Bonchev–Trinajstić information content (AvgIpc) is 3.83. The van der Waals surface area contributed by atoms with Gasteiger partial charge in [0, 0.05) is 68.5 Å². The monoisotopic (exact) mass is 767 g/mol. The lowest BCUT2D eigenvalue weighted by atomic mass is 10.0. The first-order chi connectivity index (χ1) is 27.9. The third kappa shape index (κ3) is 7.54. The molecule has 4 aliphatic heterocycles. The molecule has 4 aromatic rings. The molecule has 8 rings (SSSR count). The number of carbonyl (C=O) groups excluding carboxylic acids is 2. The van der Waals surface area contributed by atoms with Gasteiger partial charge in [-0.3, -0.25) is 19.6 Å². The lowest BCUT2D eigenvalue weighted by Crippen LogP contribution is -2.32. The molecule has 0 saturated carbocycles. The summed E-state index contributed by atoms with van der Waals surface area (Å²) in [4.78, 5) is 40.5. The Morgan fingerprint density at radius 2 is 1.14 bits per heavy atom. The Balaban J connectivity index is 0.895. The quantitative estimate of drug-likeness (QED) is 0.127. The Morgan fingerprint density at radius 3 is 1.60 bits per heavy atom. The van der Waals surface area contributed by atoms with Gasteiger partial charge >= 0.3 is 0 Å². The number of benzene rings is 4. The molecule has 0 spiro atoms. The molecule has 292 valence electrons. The Kier molecular flexibility index (Phi) is 10.7. The molecular formula is C45H45N5O7. The highest BCUT2D eigenvalue weighted by atomic mass is 16.5. The van der Waals surface area contributed by atoms with Crippen molar-refractivity contribution in [2.45, 2.75) is 44.7 Å². The van der Waals surface area contributed by atoms with Crippen LogP contribution in [0, 0.1) is 0 Å². The highest BCUT2D eigenvalue weighted by Gasteiger charge is 2.35. The second kappa shape index (κ2) is 16.3. The number of ether oxygens (including phenoxy) is 5. The van der Waals surface area contributed by atoms with E-state index in [-0.39, 0.29) is 23.9 Å². The molecule has 12 nitrogen and oxygen atoms in total. The minimum atomic E-state index is -0.202. The highest BCUT2D eigenvalue weighted by Crippen LogP contribution is 2.42. The first-order valence-corrected chi connectivity index (χ1v) is 19.2. The van der Waals surface area contributed by atoms with Gasteiger partial charge in [0.2, 0.25) is 0 Å². The Bertz CT molecular complexity index is 2300. The van der Waals surface area contributed by atoms with Crippen molar-refractivity contribution in [3.8, 4) is 28.7 Å². The van der Waals surface area contributed by atoms with Crippen molar-refractivity contribution in [3.63, 3.8) is 0 Å². The van der Waals surface area contributed by atoms with Gasteiger partial charge in [0.05, 0.1) is 69.1 Å². The van der Waals surface area contributed by atoms with Crippen LogP contribution in [0.2, 0.25) is 0 Å². The van der Waals surface area contributed by atoms with Crippen molar-refractivity contribution < 1.29 is 33.3 Å². The van der Waals surface area contributed by atoms with Crippen LogP contribution < -0.4 is 29.0 Å². The zero-order valence-electron chi connectivity index (χ0n) is 32.5. The number of methoxy groups -OCH3 is 3. The third-order valence-corrected chi connectivity index (χ3v) is 10.5. The molecule has 1 unspecified atom stereocenters. The van der Waals surface area contributed by atoms with E-state index in [1.165, 1.54) is 0 Å². The van der Waals surface area contributed by atoms with E-state index in [1.54, 1.807) is 55.4 Å². The number of anilines is 1. The fourth-order valence-electron chi connectivity index (χ4n) is 7.44. The van der Waals surface area contributed by atoms with Crippen molar-refractivity contribution in [2.24, 2.45) is 9.98 Å². The van der Waals surface area contributed by atoms with Crippen LogP contribution in [0.3, 0.4) is 0 Å². The van der Waals surface area contributed by atoms with Crippen LogP contribution >= 0.6 is 0 Å². The summed E-state index contributed by atoms with van der Waals surface area (Å²) < 4.78 is 28.9. The van der Waals surface area contributed by atoms with Crippen molar-refractivity contribution in [1.82, 2.24) is 9.80 Å². The molecule has 57 heavy (non-hydrogen) atoms. The van der Waals surface area contributed by atoms with Crippen LogP contribution in [0.4, 0.5) is 17.1 Å². The summed E-state index contributed by atoms with van der Waals surface area (Å²) in [6.45, 7) is 3.68. The standard InChI is InChI=1S/C45H45N5O7/c1-5-15-46-32-11-7-28(8-12-32)30-18-33-24-47-38-22-42(40(54-3)20-36(38)44(51)49(33)26-30)56-16-6-17-57-43-23-39-37(21-41(43)55-4)45(52)50-27-31(19-34(50)25-48-39)29-9-13-35(53-2)14-10-29/h7-14,20-27,33-34,46H,5-6,15-19H2,1-4H3/t33-,34?/m0/s1. The minimum Gasteiger partial charge on any atom is -0.497 e. The van der Waals surface area contributed by atoms with E-state index in [4.69, 9.17) is 33.7 Å². The van der Waals surface area contributed by atoms with Crippen LogP contribution in [0.5, 0.6) is 28.7 Å². The molecule has 0 radical (unpaired) electrons. The number of nitrogens with one attached hydrogen (secondary N) is 1. The fraction of sp³-hybridized carbons (Fsp3) is 0.289. The number of aliphatic imine (C=N–C) groups is 2. The van der Waals surface area contributed by atoms with Gasteiger partial charge < -0.3 is 38.8 Å². The molecule has 2 amide bonds. The van der Waals surface area contributed by atoms with Gasteiger partial charge in [0.15, 0.2) is 23.0 Å². The van der Waals surface area contributed by atoms with Crippen LogP contribution in [-0.4, -0.2) is 87.2 Å². The van der Waals surface area contributed by atoms with Crippen LogP contribution in [0.15, 0.2) is 95.2 Å². The van der Waals surface area contributed by atoms with E-state index in [9.17, 15) is 9.59 Å². The molecule has 0 fully saturated rings. The van der Waals surface area contributed by atoms with Gasteiger partial charge in [0.1, 0.15) is 5.75 Å². The van der Waals surface area contributed by atoms with Crippen molar-refractivity contribution in [1.29, 1.82) is 0 Å². The molecule has 4 heterocycles. The zero-order valence-corrected chi connectivity index (χ0v) is 32.5. The number of carbonyl (C=O) groups is 2. The average molecular weight is 768 g/mol. The normalized spacial score (nSPS) is 17.8. The van der Waals surface area contributed by atoms with Gasteiger partial charge in [0.25, 0.3) is 11.8 Å². The molecule has 4 aromatic carbocycles. The van der Waals surface area contributed by atoms with Crippen LogP contribution in [0.25, 0.3) is 11.1 Å². The van der Waals surface area contributed by atoms with E-state index in [0.717, 1.165) is 46.7 Å². The van der Waals surface area contributed by atoms with E-state index >= 15 is 0 Å².